The molecule has 3 aromatic rings. The summed E-state index contributed by atoms with van der Waals surface area (Å²) in [4.78, 5) is 27.5. The van der Waals surface area contributed by atoms with Crippen LogP contribution in [-0.2, 0) is 6.18 Å². The molecule has 1 saturated heterocycles. The second-order valence-corrected chi connectivity index (χ2v) is 8.26. The Balaban J connectivity index is 1.57. The average Bonchev–Trinajstić information content (AvgIpc) is 2.83. The number of amides is 1. The molecule has 1 amide bonds. The summed E-state index contributed by atoms with van der Waals surface area (Å²) in [5, 5.41) is 3.05. The molecule has 0 radical (unpaired) electrons. The minimum Gasteiger partial charge on any atom is -0.368 e. The molecule has 178 valence electrons. The molecule has 1 aromatic carbocycles. The van der Waals surface area contributed by atoms with E-state index >= 15 is 0 Å². The van der Waals surface area contributed by atoms with E-state index in [0.717, 1.165) is 25.1 Å². The highest BCUT2D eigenvalue weighted by atomic mass is 19.4. The monoisotopic (exact) mass is 473 g/mol. The SMILES string of the molecule is C[C@@H]1CCCN(C(=O)c2cc(F)ccc2-c2ncccn2)C1CNc1ccc(C(F)(F)F)cn1. The van der Waals surface area contributed by atoms with E-state index in [2.05, 4.69) is 20.3 Å². The molecule has 0 spiro atoms. The van der Waals surface area contributed by atoms with Crippen LogP contribution >= 0.6 is 0 Å². The van der Waals surface area contributed by atoms with Crippen molar-refractivity contribution in [2.45, 2.75) is 32.0 Å². The fourth-order valence-electron chi connectivity index (χ4n) is 4.17. The van der Waals surface area contributed by atoms with Crippen LogP contribution in [0.3, 0.4) is 0 Å². The summed E-state index contributed by atoms with van der Waals surface area (Å²) in [7, 11) is 0. The van der Waals surface area contributed by atoms with Crippen LogP contribution in [0.2, 0.25) is 0 Å². The minimum atomic E-state index is -4.46. The Morgan fingerprint density at radius 2 is 1.91 bits per heavy atom. The Hall–Kier alpha value is -3.56. The van der Waals surface area contributed by atoms with Gasteiger partial charge in [-0.15, -0.1) is 0 Å². The van der Waals surface area contributed by atoms with Crippen molar-refractivity contribution in [3.05, 3.63) is 71.9 Å². The van der Waals surface area contributed by atoms with Crippen LogP contribution < -0.4 is 5.32 Å². The van der Waals surface area contributed by atoms with Crippen LogP contribution in [0.15, 0.2) is 55.0 Å². The number of pyridine rings is 1. The molecule has 2 atom stereocenters. The maximum atomic E-state index is 14.1. The van der Waals surface area contributed by atoms with E-state index in [1.54, 1.807) is 23.4 Å². The van der Waals surface area contributed by atoms with Crippen molar-refractivity contribution in [3.8, 4) is 11.4 Å². The summed E-state index contributed by atoms with van der Waals surface area (Å²) in [6.45, 7) is 2.78. The van der Waals surface area contributed by atoms with Crippen LogP contribution in [0.5, 0.6) is 0 Å². The Bertz CT molecular complexity index is 1140. The summed E-state index contributed by atoms with van der Waals surface area (Å²) in [6.07, 6.45) is 1.08. The van der Waals surface area contributed by atoms with Gasteiger partial charge in [0.2, 0.25) is 0 Å². The van der Waals surface area contributed by atoms with Gasteiger partial charge < -0.3 is 10.2 Å². The first-order valence-corrected chi connectivity index (χ1v) is 10.9. The van der Waals surface area contributed by atoms with Crippen molar-refractivity contribution in [2.24, 2.45) is 5.92 Å². The van der Waals surface area contributed by atoms with Gasteiger partial charge in [-0.3, -0.25) is 4.79 Å². The van der Waals surface area contributed by atoms with E-state index in [1.165, 1.54) is 24.3 Å². The molecular weight excluding hydrogens is 450 g/mol. The van der Waals surface area contributed by atoms with Crippen molar-refractivity contribution in [1.29, 1.82) is 0 Å². The number of piperidine rings is 1. The molecule has 6 nitrogen and oxygen atoms in total. The summed E-state index contributed by atoms with van der Waals surface area (Å²) in [5.41, 5.74) is -0.234. The first kappa shape index (κ1) is 23.6. The van der Waals surface area contributed by atoms with Gasteiger partial charge in [-0.2, -0.15) is 13.2 Å². The van der Waals surface area contributed by atoms with Crippen molar-refractivity contribution in [2.75, 3.05) is 18.4 Å². The lowest BCUT2D eigenvalue weighted by Gasteiger charge is -2.40. The van der Waals surface area contributed by atoms with Crippen LogP contribution in [-0.4, -0.2) is 44.9 Å². The highest BCUT2D eigenvalue weighted by molar-refractivity contribution is 6.00. The smallest absolute Gasteiger partial charge is 0.368 e. The Kier molecular flexibility index (Phi) is 6.76. The maximum Gasteiger partial charge on any atom is 0.417 e. The predicted octanol–water partition coefficient (Wildman–Crippen LogP) is 5.05. The van der Waals surface area contributed by atoms with E-state index in [4.69, 9.17) is 0 Å². The first-order chi connectivity index (χ1) is 16.2. The molecule has 1 N–H and O–H groups in total. The molecule has 10 heteroatoms. The number of halogens is 4. The van der Waals surface area contributed by atoms with Crippen molar-refractivity contribution >= 4 is 11.7 Å². The average molecular weight is 473 g/mol. The number of alkyl halides is 3. The van der Waals surface area contributed by atoms with Crippen LogP contribution in [0.1, 0.15) is 35.7 Å². The van der Waals surface area contributed by atoms with Crippen molar-refractivity contribution in [3.63, 3.8) is 0 Å². The van der Waals surface area contributed by atoms with E-state index < -0.39 is 17.6 Å². The number of nitrogens with one attached hydrogen (secondary N) is 1. The van der Waals surface area contributed by atoms with E-state index in [0.29, 0.717) is 17.9 Å². The summed E-state index contributed by atoms with van der Waals surface area (Å²) < 4.78 is 52.5. The van der Waals surface area contributed by atoms with Gasteiger partial charge in [0.15, 0.2) is 5.82 Å². The van der Waals surface area contributed by atoms with Crippen LogP contribution in [0.4, 0.5) is 23.4 Å². The molecule has 4 rings (SSSR count). The minimum absolute atomic E-state index is 0.115. The quantitative estimate of drug-likeness (QED) is 0.525. The molecule has 1 aliphatic rings. The molecule has 1 aliphatic heterocycles. The van der Waals surface area contributed by atoms with Gasteiger partial charge in [0.25, 0.3) is 5.91 Å². The highest BCUT2D eigenvalue weighted by Gasteiger charge is 2.34. The number of nitrogens with zero attached hydrogens (tertiary/aromatic N) is 4. The topological polar surface area (TPSA) is 71.0 Å². The lowest BCUT2D eigenvalue weighted by molar-refractivity contribution is -0.137. The second-order valence-electron chi connectivity index (χ2n) is 8.26. The first-order valence-electron chi connectivity index (χ1n) is 10.9. The van der Waals surface area contributed by atoms with Crippen molar-refractivity contribution < 1.29 is 22.4 Å². The fraction of sp³-hybridized carbons (Fsp3) is 0.333. The number of rotatable bonds is 5. The molecule has 3 heterocycles. The Labute approximate surface area is 194 Å². The standard InChI is InChI=1S/C24H23F4N5O/c1-15-4-2-11-33(20(15)14-32-21-8-5-16(13-31-21)24(26,27)28)23(34)19-12-17(25)6-7-18(19)22-29-9-3-10-30-22/h3,5-10,12-13,15,20H,2,4,11,14H2,1H3,(H,31,32)/t15-,20?/m1/s1. The largest absolute Gasteiger partial charge is 0.417 e. The van der Waals surface area contributed by atoms with Gasteiger partial charge in [-0.25, -0.2) is 19.3 Å². The number of hydrogen-bond donors (Lipinski definition) is 1. The second kappa shape index (κ2) is 9.74. The lowest BCUT2D eigenvalue weighted by atomic mass is 9.89. The van der Waals surface area contributed by atoms with Gasteiger partial charge in [0.05, 0.1) is 17.2 Å². The molecule has 34 heavy (non-hydrogen) atoms. The molecule has 1 unspecified atom stereocenters. The lowest BCUT2D eigenvalue weighted by Crippen LogP contribution is -2.51. The zero-order chi connectivity index (χ0) is 24.3. The van der Waals surface area contributed by atoms with E-state index in [1.807, 2.05) is 6.92 Å². The number of carbonyl (C=O) groups excluding carboxylic acids is 1. The number of aromatic nitrogens is 3. The van der Waals surface area contributed by atoms with Gasteiger partial charge in [-0.1, -0.05) is 6.92 Å². The maximum absolute atomic E-state index is 14.1. The third-order valence-electron chi connectivity index (χ3n) is 5.98. The molecule has 1 fully saturated rings. The zero-order valence-corrected chi connectivity index (χ0v) is 18.4. The molecule has 0 aliphatic carbocycles. The number of benzene rings is 1. The third kappa shape index (κ3) is 5.16. The van der Waals surface area contributed by atoms with Crippen molar-refractivity contribution in [1.82, 2.24) is 19.9 Å². The zero-order valence-electron chi connectivity index (χ0n) is 18.4. The predicted molar refractivity (Wildman–Crippen MR) is 118 cm³/mol. The fourth-order valence-corrected chi connectivity index (χ4v) is 4.17. The summed E-state index contributed by atoms with van der Waals surface area (Å²) >= 11 is 0. The van der Waals surface area contributed by atoms with Crippen LogP contribution in [0.25, 0.3) is 11.4 Å². The normalized spacial score (nSPS) is 18.6. The molecule has 0 saturated carbocycles. The number of hydrogen-bond acceptors (Lipinski definition) is 5. The summed E-state index contributed by atoms with van der Waals surface area (Å²) in [6, 6.07) is 7.55. The van der Waals surface area contributed by atoms with E-state index in [-0.39, 0.29) is 35.8 Å². The molecule has 0 bridgehead atoms. The Morgan fingerprint density at radius 1 is 1.15 bits per heavy atom. The number of anilines is 1. The molecule has 2 aromatic heterocycles. The number of carbonyl (C=O) groups is 1. The molecular formula is C24H23F4N5O. The van der Waals surface area contributed by atoms with Gasteiger partial charge >= 0.3 is 6.18 Å². The van der Waals surface area contributed by atoms with Gasteiger partial charge in [0, 0.05) is 37.2 Å². The van der Waals surface area contributed by atoms with E-state index in [9.17, 15) is 22.4 Å². The Morgan fingerprint density at radius 3 is 2.59 bits per heavy atom. The van der Waals surface area contributed by atoms with Crippen LogP contribution in [0, 0.1) is 11.7 Å². The van der Waals surface area contributed by atoms with Gasteiger partial charge in [-0.05, 0) is 55.2 Å². The highest BCUT2D eigenvalue weighted by Crippen LogP contribution is 2.30. The third-order valence-corrected chi connectivity index (χ3v) is 5.98. The number of likely N-dealkylation sites (tertiary alicyclic amines) is 1. The van der Waals surface area contributed by atoms with Gasteiger partial charge in [0.1, 0.15) is 11.6 Å². The summed E-state index contributed by atoms with van der Waals surface area (Å²) in [5.74, 6) is -0.177.